The summed E-state index contributed by atoms with van der Waals surface area (Å²) in [5.41, 5.74) is 3.26. The van der Waals surface area contributed by atoms with Crippen LogP contribution in [0.15, 0.2) is 36.5 Å². The lowest BCUT2D eigenvalue weighted by atomic mass is 9.79. The fraction of sp³-hybridized carbons (Fsp3) is 0.455. The molecule has 1 aromatic carbocycles. The molecular weight excluding hydrogens is 354 g/mol. The van der Waals surface area contributed by atoms with Crippen molar-refractivity contribution in [3.63, 3.8) is 0 Å². The molecular formula is C22H27N3O3. The summed E-state index contributed by atoms with van der Waals surface area (Å²) in [6, 6.07) is 9.38. The van der Waals surface area contributed by atoms with E-state index in [4.69, 9.17) is 4.74 Å². The topological polar surface area (TPSA) is 65.6 Å². The molecule has 3 heterocycles. The van der Waals surface area contributed by atoms with Crippen molar-refractivity contribution < 1.29 is 14.3 Å². The molecule has 2 aliphatic heterocycles. The second-order valence-electron chi connectivity index (χ2n) is 8.19. The molecule has 1 amide bonds. The number of carbonyl (C=O) groups is 2. The number of nitrogens with one attached hydrogen (secondary N) is 1. The normalized spacial score (nSPS) is 22.6. The summed E-state index contributed by atoms with van der Waals surface area (Å²) in [4.78, 5) is 32.0. The first-order chi connectivity index (χ1) is 13.5. The van der Waals surface area contributed by atoms with E-state index in [1.54, 1.807) is 12.3 Å². The lowest BCUT2D eigenvalue weighted by molar-refractivity contribution is 0.0534. The number of nitrogens with zero attached hydrogens (tertiary/aromatic N) is 2. The van der Waals surface area contributed by atoms with Crippen LogP contribution in [0.5, 0.6) is 0 Å². The molecule has 28 heavy (non-hydrogen) atoms. The number of methoxy groups -OCH3 is 1. The van der Waals surface area contributed by atoms with Crippen LogP contribution in [0.2, 0.25) is 0 Å². The van der Waals surface area contributed by atoms with Crippen molar-refractivity contribution in [3.8, 4) is 11.1 Å². The van der Waals surface area contributed by atoms with Crippen LogP contribution in [0.1, 0.15) is 40.1 Å². The third-order valence-corrected chi connectivity index (χ3v) is 6.13. The number of hydrogen-bond acceptors (Lipinski definition) is 4. The van der Waals surface area contributed by atoms with Crippen molar-refractivity contribution in [2.24, 2.45) is 5.41 Å². The molecule has 6 nitrogen and oxygen atoms in total. The maximum atomic E-state index is 13.0. The Morgan fingerprint density at radius 1 is 1.07 bits per heavy atom. The summed E-state index contributed by atoms with van der Waals surface area (Å²) in [6.45, 7) is 3.91. The maximum Gasteiger partial charge on any atom is 0.354 e. The molecule has 2 fully saturated rings. The van der Waals surface area contributed by atoms with Gasteiger partial charge >= 0.3 is 5.97 Å². The Hall–Kier alpha value is -2.60. The fourth-order valence-electron chi connectivity index (χ4n) is 4.65. The highest BCUT2D eigenvalue weighted by molar-refractivity contribution is 5.95. The number of amides is 1. The van der Waals surface area contributed by atoms with Gasteiger partial charge in [-0.1, -0.05) is 12.1 Å². The molecule has 0 radical (unpaired) electrons. The molecule has 1 atom stereocenters. The molecule has 2 saturated heterocycles. The molecule has 1 spiro atoms. The van der Waals surface area contributed by atoms with Crippen LogP contribution in [-0.2, 0) is 4.74 Å². The van der Waals surface area contributed by atoms with Gasteiger partial charge in [-0.15, -0.1) is 0 Å². The Kier molecular flexibility index (Phi) is 4.98. The molecule has 1 N–H and O–H groups in total. The molecule has 2 aromatic rings. The van der Waals surface area contributed by atoms with E-state index in [2.05, 4.69) is 16.9 Å². The van der Waals surface area contributed by atoms with E-state index in [1.165, 1.54) is 20.0 Å². The van der Waals surface area contributed by atoms with Crippen molar-refractivity contribution in [2.45, 2.75) is 19.3 Å². The zero-order chi connectivity index (χ0) is 19.7. The summed E-state index contributed by atoms with van der Waals surface area (Å²) in [6.07, 6.45) is 5.25. The standard InChI is InChI=1S/C22H27N3O3/c1-24-11-9-22(14-24)8-3-10-25(15-22)20(26)17-6-4-16(5-7-17)18-12-19(23-13-18)21(27)28-2/h4-7,12-13,23H,3,8-11,14-15H2,1-2H3/t22-/m1/s1. The number of hydrogen-bond donors (Lipinski definition) is 1. The minimum absolute atomic E-state index is 0.115. The highest BCUT2D eigenvalue weighted by Crippen LogP contribution is 2.38. The highest BCUT2D eigenvalue weighted by atomic mass is 16.5. The minimum Gasteiger partial charge on any atom is -0.464 e. The summed E-state index contributed by atoms with van der Waals surface area (Å²) < 4.78 is 4.73. The van der Waals surface area contributed by atoms with E-state index in [9.17, 15) is 9.59 Å². The summed E-state index contributed by atoms with van der Waals surface area (Å²) in [7, 11) is 3.53. The van der Waals surface area contributed by atoms with Crippen molar-refractivity contribution in [1.29, 1.82) is 0 Å². The predicted octanol–water partition coefficient (Wildman–Crippen LogP) is 3.03. The van der Waals surface area contributed by atoms with Gasteiger partial charge in [0.15, 0.2) is 0 Å². The minimum atomic E-state index is -0.394. The first-order valence-electron chi connectivity index (χ1n) is 9.85. The SMILES string of the molecule is COC(=O)c1cc(-c2ccc(C(=O)N3CCC[C@]4(CCN(C)C4)C3)cc2)c[nH]1. The third-order valence-electron chi connectivity index (χ3n) is 6.13. The summed E-state index contributed by atoms with van der Waals surface area (Å²) in [5.74, 6) is -0.279. The van der Waals surface area contributed by atoms with Crippen LogP contribution in [0, 0.1) is 5.41 Å². The number of rotatable bonds is 3. The Morgan fingerprint density at radius 2 is 1.86 bits per heavy atom. The Labute approximate surface area is 165 Å². The summed E-state index contributed by atoms with van der Waals surface area (Å²) >= 11 is 0. The van der Waals surface area contributed by atoms with Gasteiger partial charge in [0, 0.05) is 36.8 Å². The van der Waals surface area contributed by atoms with Gasteiger partial charge in [0.2, 0.25) is 0 Å². The van der Waals surface area contributed by atoms with E-state index >= 15 is 0 Å². The molecule has 6 heteroatoms. The van der Waals surface area contributed by atoms with Crippen LogP contribution in [0.4, 0.5) is 0 Å². The number of benzene rings is 1. The van der Waals surface area contributed by atoms with Gasteiger partial charge < -0.3 is 19.5 Å². The number of esters is 1. The van der Waals surface area contributed by atoms with Gasteiger partial charge in [0.05, 0.1) is 7.11 Å². The van der Waals surface area contributed by atoms with Crippen LogP contribution in [0.3, 0.4) is 0 Å². The molecule has 2 aliphatic rings. The molecule has 4 rings (SSSR count). The zero-order valence-corrected chi connectivity index (χ0v) is 16.5. The van der Waals surface area contributed by atoms with Crippen molar-refractivity contribution in [1.82, 2.24) is 14.8 Å². The molecule has 148 valence electrons. The largest absolute Gasteiger partial charge is 0.464 e. The highest BCUT2D eigenvalue weighted by Gasteiger charge is 2.41. The second-order valence-corrected chi connectivity index (χ2v) is 8.19. The average molecular weight is 381 g/mol. The molecule has 0 unspecified atom stereocenters. The number of aromatic nitrogens is 1. The number of H-pyrrole nitrogens is 1. The zero-order valence-electron chi connectivity index (χ0n) is 16.5. The third kappa shape index (κ3) is 3.56. The fourth-order valence-corrected chi connectivity index (χ4v) is 4.65. The smallest absolute Gasteiger partial charge is 0.354 e. The van der Waals surface area contributed by atoms with Gasteiger partial charge in [-0.3, -0.25) is 4.79 Å². The number of ether oxygens (including phenoxy) is 1. The monoisotopic (exact) mass is 381 g/mol. The van der Waals surface area contributed by atoms with Crippen LogP contribution < -0.4 is 0 Å². The number of piperidine rings is 1. The Morgan fingerprint density at radius 3 is 2.54 bits per heavy atom. The lowest BCUT2D eigenvalue weighted by Crippen LogP contribution is -2.47. The van der Waals surface area contributed by atoms with Gasteiger partial charge in [0.25, 0.3) is 5.91 Å². The van der Waals surface area contributed by atoms with E-state index in [-0.39, 0.29) is 11.3 Å². The van der Waals surface area contributed by atoms with E-state index < -0.39 is 5.97 Å². The van der Waals surface area contributed by atoms with Crippen LogP contribution in [0.25, 0.3) is 11.1 Å². The molecule has 0 saturated carbocycles. The Bertz CT molecular complexity index is 869. The quantitative estimate of drug-likeness (QED) is 0.830. The predicted molar refractivity (Wildman–Crippen MR) is 107 cm³/mol. The van der Waals surface area contributed by atoms with E-state index in [1.807, 2.05) is 29.2 Å². The Balaban J connectivity index is 1.47. The second kappa shape index (κ2) is 7.43. The van der Waals surface area contributed by atoms with Crippen LogP contribution >= 0.6 is 0 Å². The molecule has 1 aromatic heterocycles. The first kappa shape index (κ1) is 18.7. The van der Waals surface area contributed by atoms with Crippen molar-refractivity contribution >= 4 is 11.9 Å². The molecule has 0 bridgehead atoms. The lowest BCUT2D eigenvalue weighted by Gasteiger charge is -2.40. The van der Waals surface area contributed by atoms with Gasteiger partial charge in [0.1, 0.15) is 5.69 Å². The number of aromatic amines is 1. The maximum absolute atomic E-state index is 13.0. The average Bonchev–Trinajstić information content (AvgIpc) is 3.34. The first-order valence-corrected chi connectivity index (χ1v) is 9.85. The van der Waals surface area contributed by atoms with Crippen molar-refractivity contribution in [2.75, 3.05) is 40.3 Å². The van der Waals surface area contributed by atoms with Gasteiger partial charge in [-0.2, -0.15) is 0 Å². The van der Waals surface area contributed by atoms with E-state index in [0.29, 0.717) is 5.69 Å². The van der Waals surface area contributed by atoms with Crippen LogP contribution in [-0.4, -0.2) is 67.0 Å². The van der Waals surface area contributed by atoms with E-state index in [0.717, 1.165) is 49.3 Å². The van der Waals surface area contributed by atoms with Crippen molar-refractivity contribution in [3.05, 3.63) is 47.8 Å². The van der Waals surface area contributed by atoms with Gasteiger partial charge in [-0.25, -0.2) is 4.79 Å². The number of likely N-dealkylation sites (tertiary alicyclic amines) is 2. The molecule has 0 aliphatic carbocycles. The number of carbonyl (C=O) groups excluding carboxylic acids is 2. The summed E-state index contributed by atoms with van der Waals surface area (Å²) in [5, 5.41) is 0. The van der Waals surface area contributed by atoms with Gasteiger partial charge in [-0.05, 0) is 62.2 Å².